The van der Waals surface area contributed by atoms with Crippen molar-refractivity contribution in [3.8, 4) is 11.3 Å². The first kappa shape index (κ1) is 17.4. The number of aromatic nitrogens is 3. The molecule has 1 aliphatic heterocycles. The number of amides is 1. The van der Waals surface area contributed by atoms with Crippen molar-refractivity contribution < 1.29 is 4.79 Å². The standard InChI is InChI=1S/C21H23N5O/c22-21(27)19-9-5-17(6-10-19)14-26-15-20(23-24-26)18-7-3-16(4-8-18)13-25-11-1-2-12-25/h3-10,15H,1-2,11-14H2,(H2,22,27). The summed E-state index contributed by atoms with van der Waals surface area (Å²) in [5, 5.41) is 8.51. The van der Waals surface area contributed by atoms with Gasteiger partial charge in [-0.05, 0) is 49.2 Å². The van der Waals surface area contributed by atoms with Gasteiger partial charge in [0.15, 0.2) is 0 Å². The second kappa shape index (κ2) is 7.72. The van der Waals surface area contributed by atoms with Gasteiger partial charge in [0.1, 0.15) is 5.69 Å². The first-order chi connectivity index (χ1) is 13.2. The predicted octanol–water partition coefficient (Wildman–Crippen LogP) is 2.69. The van der Waals surface area contributed by atoms with E-state index >= 15 is 0 Å². The molecule has 2 N–H and O–H groups in total. The summed E-state index contributed by atoms with van der Waals surface area (Å²) in [5.74, 6) is -0.419. The minimum atomic E-state index is -0.419. The van der Waals surface area contributed by atoms with Gasteiger partial charge >= 0.3 is 0 Å². The maximum absolute atomic E-state index is 11.1. The maximum Gasteiger partial charge on any atom is 0.248 e. The molecule has 0 saturated carbocycles. The third kappa shape index (κ3) is 4.23. The van der Waals surface area contributed by atoms with E-state index in [-0.39, 0.29) is 0 Å². The molecule has 0 radical (unpaired) electrons. The van der Waals surface area contributed by atoms with Crippen molar-refractivity contribution in [3.63, 3.8) is 0 Å². The molecule has 0 aliphatic carbocycles. The predicted molar refractivity (Wildman–Crippen MR) is 104 cm³/mol. The zero-order chi connectivity index (χ0) is 18.6. The Kier molecular flexibility index (Phi) is 4.98. The van der Waals surface area contributed by atoms with Crippen LogP contribution in [0.25, 0.3) is 11.3 Å². The van der Waals surface area contributed by atoms with E-state index in [1.807, 2.05) is 18.3 Å². The molecule has 0 spiro atoms. The van der Waals surface area contributed by atoms with E-state index < -0.39 is 5.91 Å². The number of carbonyl (C=O) groups is 1. The molecule has 1 fully saturated rings. The first-order valence-corrected chi connectivity index (χ1v) is 9.28. The number of primary amides is 1. The van der Waals surface area contributed by atoms with Crippen LogP contribution < -0.4 is 5.73 Å². The number of benzene rings is 2. The molecule has 3 aromatic rings. The van der Waals surface area contributed by atoms with Crippen LogP contribution in [0.2, 0.25) is 0 Å². The summed E-state index contributed by atoms with van der Waals surface area (Å²) in [6.07, 6.45) is 4.57. The van der Waals surface area contributed by atoms with Gasteiger partial charge in [0.2, 0.25) is 5.91 Å². The highest BCUT2D eigenvalue weighted by atomic mass is 16.1. The summed E-state index contributed by atoms with van der Waals surface area (Å²) < 4.78 is 1.80. The van der Waals surface area contributed by atoms with Crippen LogP contribution in [0.5, 0.6) is 0 Å². The van der Waals surface area contributed by atoms with Crippen LogP contribution in [0.1, 0.15) is 34.3 Å². The third-order valence-electron chi connectivity index (χ3n) is 4.98. The number of likely N-dealkylation sites (tertiary alicyclic amines) is 1. The van der Waals surface area contributed by atoms with Gasteiger partial charge < -0.3 is 5.73 Å². The van der Waals surface area contributed by atoms with Crippen LogP contribution in [0, 0.1) is 0 Å². The van der Waals surface area contributed by atoms with Gasteiger partial charge in [-0.2, -0.15) is 0 Å². The van der Waals surface area contributed by atoms with Crippen molar-refractivity contribution in [2.45, 2.75) is 25.9 Å². The van der Waals surface area contributed by atoms with Crippen molar-refractivity contribution in [3.05, 3.63) is 71.4 Å². The van der Waals surface area contributed by atoms with E-state index in [1.165, 1.54) is 31.5 Å². The maximum atomic E-state index is 11.1. The quantitative estimate of drug-likeness (QED) is 0.732. The Hall–Kier alpha value is -2.99. The third-order valence-corrected chi connectivity index (χ3v) is 4.98. The lowest BCUT2D eigenvalue weighted by Crippen LogP contribution is -2.18. The molecule has 4 rings (SSSR count). The molecule has 6 heteroatoms. The smallest absolute Gasteiger partial charge is 0.248 e. The molecule has 1 saturated heterocycles. The van der Waals surface area contributed by atoms with Gasteiger partial charge in [0, 0.05) is 17.7 Å². The molecule has 0 atom stereocenters. The summed E-state index contributed by atoms with van der Waals surface area (Å²) >= 11 is 0. The summed E-state index contributed by atoms with van der Waals surface area (Å²) in [6.45, 7) is 4.03. The summed E-state index contributed by atoms with van der Waals surface area (Å²) in [7, 11) is 0. The number of rotatable bonds is 6. The van der Waals surface area contributed by atoms with Crippen LogP contribution in [0.4, 0.5) is 0 Å². The van der Waals surface area contributed by atoms with Gasteiger partial charge in [-0.25, -0.2) is 4.68 Å². The lowest BCUT2D eigenvalue weighted by molar-refractivity contribution is 0.100. The van der Waals surface area contributed by atoms with E-state index in [4.69, 9.17) is 5.73 Å². The van der Waals surface area contributed by atoms with E-state index in [9.17, 15) is 4.79 Å². The number of carbonyl (C=O) groups excluding carboxylic acids is 1. The zero-order valence-electron chi connectivity index (χ0n) is 15.2. The monoisotopic (exact) mass is 361 g/mol. The van der Waals surface area contributed by atoms with Crippen molar-refractivity contribution in [2.24, 2.45) is 5.73 Å². The Bertz CT molecular complexity index is 909. The molecule has 1 amide bonds. The highest BCUT2D eigenvalue weighted by Crippen LogP contribution is 2.19. The Morgan fingerprint density at radius 1 is 0.926 bits per heavy atom. The second-order valence-electron chi connectivity index (χ2n) is 7.04. The van der Waals surface area contributed by atoms with E-state index in [0.717, 1.165) is 23.4 Å². The molecule has 1 aromatic heterocycles. The molecule has 6 nitrogen and oxygen atoms in total. The fourth-order valence-electron chi connectivity index (χ4n) is 3.45. The van der Waals surface area contributed by atoms with Gasteiger partial charge in [0.25, 0.3) is 0 Å². The number of hydrogen-bond acceptors (Lipinski definition) is 4. The largest absolute Gasteiger partial charge is 0.366 e. The van der Waals surface area contributed by atoms with Crippen molar-refractivity contribution in [1.29, 1.82) is 0 Å². The molecule has 2 heterocycles. The normalized spacial score (nSPS) is 14.5. The Morgan fingerprint density at radius 2 is 1.56 bits per heavy atom. The zero-order valence-corrected chi connectivity index (χ0v) is 15.2. The molecule has 2 aromatic carbocycles. The summed E-state index contributed by atoms with van der Waals surface area (Å²) in [5.41, 5.74) is 10.1. The fraction of sp³-hybridized carbons (Fsp3) is 0.286. The number of hydrogen-bond donors (Lipinski definition) is 1. The average Bonchev–Trinajstić information content (AvgIpc) is 3.35. The molecule has 0 bridgehead atoms. The summed E-state index contributed by atoms with van der Waals surface area (Å²) in [6, 6.07) is 15.8. The van der Waals surface area contributed by atoms with Crippen LogP contribution >= 0.6 is 0 Å². The van der Waals surface area contributed by atoms with Gasteiger partial charge in [-0.3, -0.25) is 9.69 Å². The van der Waals surface area contributed by atoms with E-state index in [0.29, 0.717) is 12.1 Å². The first-order valence-electron chi connectivity index (χ1n) is 9.28. The number of nitrogens with two attached hydrogens (primary N) is 1. The molecule has 1 aliphatic rings. The lowest BCUT2D eigenvalue weighted by Gasteiger charge is -2.14. The number of nitrogens with zero attached hydrogens (tertiary/aromatic N) is 4. The summed E-state index contributed by atoms with van der Waals surface area (Å²) in [4.78, 5) is 13.6. The average molecular weight is 361 g/mol. The highest BCUT2D eigenvalue weighted by molar-refractivity contribution is 5.92. The van der Waals surface area contributed by atoms with Crippen molar-refractivity contribution in [2.75, 3.05) is 13.1 Å². The SMILES string of the molecule is NC(=O)c1ccc(Cn2cc(-c3ccc(CN4CCCC4)cc3)nn2)cc1. The van der Waals surface area contributed by atoms with Gasteiger partial charge in [0.05, 0.1) is 12.7 Å². The molecular formula is C21H23N5O. The van der Waals surface area contributed by atoms with Crippen molar-refractivity contribution in [1.82, 2.24) is 19.9 Å². The molecule has 138 valence electrons. The molecule has 27 heavy (non-hydrogen) atoms. The van der Waals surface area contributed by atoms with Gasteiger partial charge in [-0.15, -0.1) is 5.10 Å². The second-order valence-corrected chi connectivity index (χ2v) is 7.04. The topological polar surface area (TPSA) is 77.0 Å². The minimum absolute atomic E-state index is 0.419. The van der Waals surface area contributed by atoms with Gasteiger partial charge in [-0.1, -0.05) is 41.6 Å². The lowest BCUT2D eigenvalue weighted by atomic mass is 10.1. The van der Waals surface area contributed by atoms with Crippen LogP contribution in [0.15, 0.2) is 54.7 Å². The van der Waals surface area contributed by atoms with E-state index in [1.54, 1.807) is 16.8 Å². The van der Waals surface area contributed by atoms with Crippen LogP contribution in [0.3, 0.4) is 0 Å². The van der Waals surface area contributed by atoms with Crippen LogP contribution in [-0.4, -0.2) is 38.9 Å². The Morgan fingerprint density at radius 3 is 2.22 bits per heavy atom. The molecule has 0 unspecified atom stereocenters. The van der Waals surface area contributed by atoms with E-state index in [2.05, 4.69) is 39.5 Å². The van der Waals surface area contributed by atoms with Crippen molar-refractivity contribution >= 4 is 5.91 Å². The highest BCUT2D eigenvalue weighted by Gasteiger charge is 2.12. The Labute approximate surface area is 158 Å². The Balaban J connectivity index is 1.41. The minimum Gasteiger partial charge on any atom is -0.366 e. The fourth-order valence-corrected chi connectivity index (χ4v) is 3.45. The molecular weight excluding hydrogens is 338 g/mol. The van der Waals surface area contributed by atoms with Crippen LogP contribution in [-0.2, 0) is 13.1 Å².